The summed E-state index contributed by atoms with van der Waals surface area (Å²) >= 11 is 0. The van der Waals surface area contributed by atoms with Crippen LogP contribution in [0.2, 0.25) is 0 Å². The summed E-state index contributed by atoms with van der Waals surface area (Å²) in [6.45, 7) is 0. The maximum Gasteiger partial charge on any atom is 0.201 e. The Morgan fingerprint density at radius 1 is 1.57 bits per heavy atom. The maximum absolute atomic E-state index is 8.80. The molecule has 21 heavy (non-hydrogen) atoms. The van der Waals surface area contributed by atoms with Crippen LogP contribution in [0.4, 0.5) is 5.69 Å². The van der Waals surface area contributed by atoms with Gasteiger partial charge in [0.15, 0.2) is 5.84 Å². The predicted octanol–water partition coefficient (Wildman–Crippen LogP) is -0.102. The standard InChI is InChI=1S/C11H11N9O/c1-21-10-3-2-7(20-6-15-18-19-20)4-8(10)16-17-9(5-12)11(13)14/h2-4,6,16H,1H3,(H3,13,14)/b17-9+. The Balaban J connectivity index is 2.35. The van der Waals surface area contributed by atoms with E-state index in [1.54, 1.807) is 24.3 Å². The SMILES string of the molecule is COc1ccc(-n2cnnn2)cc1N/N=C(\C#N)C(=N)N. The normalized spacial score (nSPS) is 10.8. The van der Waals surface area contributed by atoms with E-state index in [1.165, 1.54) is 18.1 Å². The minimum absolute atomic E-state index is 0.232. The van der Waals surface area contributed by atoms with Gasteiger partial charge in [0.25, 0.3) is 0 Å². The highest BCUT2D eigenvalue weighted by atomic mass is 16.5. The third-order valence-electron chi connectivity index (χ3n) is 2.45. The Bertz CT molecular complexity index is 714. The van der Waals surface area contributed by atoms with Crippen molar-refractivity contribution in [1.29, 1.82) is 10.7 Å². The van der Waals surface area contributed by atoms with Gasteiger partial charge in [-0.2, -0.15) is 10.4 Å². The molecule has 0 spiro atoms. The van der Waals surface area contributed by atoms with Crippen molar-refractivity contribution in [3.05, 3.63) is 24.5 Å². The van der Waals surface area contributed by atoms with E-state index in [4.69, 9.17) is 21.1 Å². The molecule has 0 fully saturated rings. The number of hydrogen-bond donors (Lipinski definition) is 3. The van der Waals surface area contributed by atoms with Crippen LogP contribution in [0.15, 0.2) is 29.6 Å². The molecule has 4 N–H and O–H groups in total. The Morgan fingerprint density at radius 2 is 2.38 bits per heavy atom. The van der Waals surface area contributed by atoms with E-state index in [1.807, 2.05) is 0 Å². The number of amidine groups is 1. The van der Waals surface area contributed by atoms with Gasteiger partial charge in [-0.15, -0.1) is 5.10 Å². The molecule has 0 atom stereocenters. The van der Waals surface area contributed by atoms with Crippen LogP contribution in [0, 0.1) is 16.7 Å². The number of ether oxygens (including phenoxy) is 1. The fourth-order valence-electron chi connectivity index (χ4n) is 1.47. The largest absolute Gasteiger partial charge is 0.495 e. The fraction of sp³-hybridized carbons (Fsp3) is 0.0909. The average molecular weight is 285 g/mol. The van der Waals surface area contributed by atoms with E-state index in [0.717, 1.165) is 0 Å². The number of anilines is 1. The highest BCUT2D eigenvalue weighted by molar-refractivity contribution is 6.45. The number of nitrogens with two attached hydrogens (primary N) is 1. The number of methoxy groups -OCH3 is 1. The molecule has 10 heteroatoms. The zero-order valence-electron chi connectivity index (χ0n) is 11.0. The zero-order valence-corrected chi connectivity index (χ0v) is 11.0. The Hall–Kier alpha value is -3.48. The van der Waals surface area contributed by atoms with Crippen LogP contribution in [0.5, 0.6) is 5.75 Å². The molecule has 106 valence electrons. The van der Waals surface area contributed by atoms with E-state index < -0.39 is 5.84 Å². The van der Waals surface area contributed by atoms with E-state index in [-0.39, 0.29) is 5.71 Å². The van der Waals surface area contributed by atoms with Crippen LogP contribution in [0.3, 0.4) is 0 Å². The van der Waals surface area contributed by atoms with Crippen molar-refractivity contribution in [1.82, 2.24) is 20.2 Å². The first kappa shape index (κ1) is 13.9. The maximum atomic E-state index is 8.80. The van der Waals surface area contributed by atoms with Crippen LogP contribution in [-0.4, -0.2) is 38.9 Å². The van der Waals surface area contributed by atoms with Crippen molar-refractivity contribution in [3.63, 3.8) is 0 Å². The topological polar surface area (TPSA) is 151 Å². The van der Waals surface area contributed by atoms with Crippen molar-refractivity contribution in [2.24, 2.45) is 10.8 Å². The molecule has 0 saturated heterocycles. The van der Waals surface area contributed by atoms with Gasteiger partial charge in [-0.25, -0.2) is 4.68 Å². The lowest BCUT2D eigenvalue weighted by Crippen LogP contribution is -2.21. The van der Waals surface area contributed by atoms with Crippen molar-refractivity contribution in [2.45, 2.75) is 0 Å². The number of benzene rings is 1. The number of hydrazone groups is 1. The molecule has 0 radical (unpaired) electrons. The van der Waals surface area contributed by atoms with Crippen LogP contribution in [-0.2, 0) is 0 Å². The first-order valence-corrected chi connectivity index (χ1v) is 5.65. The smallest absolute Gasteiger partial charge is 0.201 e. The van der Waals surface area contributed by atoms with Gasteiger partial charge in [0.2, 0.25) is 5.71 Å². The van der Waals surface area contributed by atoms with Gasteiger partial charge in [-0.05, 0) is 28.6 Å². The molecule has 1 aromatic heterocycles. The summed E-state index contributed by atoms with van der Waals surface area (Å²) in [6, 6.07) is 6.82. The summed E-state index contributed by atoms with van der Waals surface area (Å²) in [7, 11) is 1.50. The molecule has 0 unspecified atom stereocenters. The summed E-state index contributed by atoms with van der Waals surface area (Å²) in [4.78, 5) is 0. The molecule has 0 saturated carbocycles. The van der Waals surface area contributed by atoms with Crippen molar-refractivity contribution < 1.29 is 4.74 Å². The third-order valence-corrected chi connectivity index (χ3v) is 2.45. The van der Waals surface area contributed by atoms with Gasteiger partial charge in [-0.3, -0.25) is 10.8 Å². The second-order valence-electron chi connectivity index (χ2n) is 3.74. The summed E-state index contributed by atoms with van der Waals surface area (Å²) in [5.74, 6) is 0.0667. The van der Waals surface area contributed by atoms with Gasteiger partial charge < -0.3 is 10.5 Å². The zero-order chi connectivity index (χ0) is 15.2. The minimum atomic E-state index is -0.430. The molecule has 0 aliphatic heterocycles. The summed E-state index contributed by atoms with van der Waals surface area (Å²) < 4.78 is 6.63. The molecular formula is C11H11N9O. The lowest BCUT2D eigenvalue weighted by Gasteiger charge is -2.09. The molecule has 1 aromatic carbocycles. The molecule has 1 heterocycles. The number of tetrazole rings is 1. The van der Waals surface area contributed by atoms with Gasteiger partial charge in [0, 0.05) is 0 Å². The Kier molecular flexibility index (Phi) is 4.06. The van der Waals surface area contributed by atoms with E-state index >= 15 is 0 Å². The van der Waals surface area contributed by atoms with Crippen LogP contribution >= 0.6 is 0 Å². The first-order chi connectivity index (χ1) is 10.2. The number of aromatic nitrogens is 4. The van der Waals surface area contributed by atoms with E-state index in [0.29, 0.717) is 17.1 Å². The van der Waals surface area contributed by atoms with Crippen LogP contribution in [0.25, 0.3) is 5.69 Å². The summed E-state index contributed by atoms with van der Waals surface area (Å²) in [5, 5.41) is 30.6. The van der Waals surface area contributed by atoms with Crippen molar-refractivity contribution >= 4 is 17.2 Å². The molecular weight excluding hydrogens is 274 g/mol. The second kappa shape index (κ2) is 6.11. The number of nitriles is 1. The highest BCUT2D eigenvalue weighted by Crippen LogP contribution is 2.26. The molecule has 0 bridgehead atoms. The summed E-state index contributed by atoms with van der Waals surface area (Å²) in [6.07, 6.45) is 1.44. The quantitative estimate of drug-likeness (QED) is 0.394. The Morgan fingerprint density at radius 3 is 2.95 bits per heavy atom. The Labute approximate surface area is 119 Å². The molecule has 0 aliphatic rings. The molecule has 10 nitrogen and oxygen atoms in total. The minimum Gasteiger partial charge on any atom is -0.495 e. The molecule has 2 rings (SSSR count). The van der Waals surface area contributed by atoms with Gasteiger partial charge >= 0.3 is 0 Å². The van der Waals surface area contributed by atoms with E-state index in [2.05, 4.69) is 26.1 Å². The molecule has 0 aliphatic carbocycles. The van der Waals surface area contributed by atoms with E-state index in [9.17, 15) is 0 Å². The van der Waals surface area contributed by atoms with Gasteiger partial charge in [-0.1, -0.05) is 0 Å². The van der Waals surface area contributed by atoms with Gasteiger partial charge in [0.05, 0.1) is 12.8 Å². The van der Waals surface area contributed by atoms with Crippen molar-refractivity contribution in [2.75, 3.05) is 12.5 Å². The average Bonchev–Trinajstić information content (AvgIpc) is 3.01. The lowest BCUT2D eigenvalue weighted by molar-refractivity contribution is 0.416. The second-order valence-corrected chi connectivity index (χ2v) is 3.74. The number of hydrogen-bond acceptors (Lipinski definition) is 8. The molecule has 2 aromatic rings. The highest BCUT2D eigenvalue weighted by Gasteiger charge is 2.07. The lowest BCUT2D eigenvalue weighted by atomic mass is 10.2. The fourth-order valence-corrected chi connectivity index (χ4v) is 1.47. The number of rotatable bonds is 5. The van der Waals surface area contributed by atoms with Crippen LogP contribution < -0.4 is 15.9 Å². The number of nitrogens with one attached hydrogen (secondary N) is 2. The third kappa shape index (κ3) is 3.10. The van der Waals surface area contributed by atoms with Gasteiger partial charge in [0.1, 0.15) is 23.8 Å². The van der Waals surface area contributed by atoms with Crippen molar-refractivity contribution in [3.8, 4) is 17.5 Å². The number of nitrogens with zero attached hydrogens (tertiary/aromatic N) is 6. The predicted molar refractivity (Wildman–Crippen MR) is 74.3 cm³/mol. The molecule has 0 amide bonds. The first-order valence-electron chi connectivity index (χ1n) is 5.65. The van der Waals surface area contributed by atoms with Crippen LogP contribution in [0.1, 0.15) is 0 Å². The summed E-state index contributed by atoms with van der Waals surface area (Å²) in [5.41, 5.74) is 8.76. The monoisotopic (exact) mass is 285 g/mol.